The summed E-state index contributed by atoms with van der Waals surface area (Å²) in [4.78, 5) is 26.8. The molecule has 6 rings (SSSR count). The molecule has 0 bridgehead atoms. The quantitative estimate of drug-likeness (QED) is 0.463. The Kier molecular flexibility index (Phi) is 4.66. The molecule has 0 unspecified atom stereocenters. The first-order chi connectivity index (χ1) is 15.9. The molecule has 1 N–H and O–H groups in total. The third kappa shape index (κ3) is 3.21. The van der Waals surface area contributed by atoms with Gasteiger partial charge >= 0.3 is 5.97 Å². The number of piperidine rings is 1. The molecule has 1 spiro atoms. The fourth-order valence-corrected chi connectivity index (χ4v) is 5.44. The number of rotatable bonds is 4. The molecular formula is C25H22ClFN2O4. The smallest absolute Gasteiger partial charge is 0.340 e. The maximum absolute atomic E-state index is 14.9. The Hall–Kier alpha value is -2.74. The molecule has 33 heavy (non-hydrogen) atoms. The summed E-state index contributed by atoms with van der Waals surface area (Å²) in [6.45, 7) is 1.58. The molecule has 0 saturated carbocycles. The molecule has 1 aromatic heterocycles. The lowest BCUT2D eigenvalue weighted by molar-refractivity contribution is -0.136. The van der Waals surface area contributed by atoms with Crippen LogP contribution in [0.5, 0.6) is 0 Å². The minimum atomic E-state index is -1.48. The molecule has 2 aromatic carbocycles. The van der Waals surface area contributed by atoms with Gasteiger partial charge in [-0.25, -0.2) is 9.18 Å². The topological polar surface area (TPSA) is 69.6 Å². The number of hydrogen-bond acceptors (Lipinski definition) is 5. The third-order valence-electron chi connectivity index (χ3n) is 6.97. The van der Waals surface area contributed by atoms with Gasteiger partial charge in [0.05, 0.1) is 30.8 Å². The molecular weight excluding hydrogens is 447 g/mol. The van der Waals surface area contributed by atoms with Crippen LogP contribution in [-0.2, 0) is 21.6 Å². The number of carbonyl (C=O) groups is 2. The monoisotopic (exact) mass is 468 g/mol. The van der Waals surface area contributed by atoms with E-state index in [4.69, 9.17) is 21.1 Å². The van der Waals surface area contributed by atoms with E-state index in [9.17, 15) is 14.0 Å². The predicted octanol–water partition coefficient (Wildman–Crippen LogP) is 4.01. The zero-order valence-electron chi connectivity index (χ0n) is 17.8. The highest BCUT2D eigenvalue weighted by Gasteiger charge is 2.48. The lowest BCUT2D eigenvalue weighted by Gasteiger charge is -2.34. The van der Waals surface area contributed by atoms with Crippen molar-refractivity contribution in [2.75, 3.05) is 26.3 Å². The van der Waals surface area contributed by atoms with Gasteiger partial charge in [-0.1, -0.05) is 35.9 Å². The zero-order valence-corrected chi connectivity index (χ0v) is 18.6. The number of halogens is 2. The van der Waals surface area contributed by atoms with E-state index >= 15 is 0 Å². The SMILES string of the molecule is O=C1OC2(CCNCC2)c2cccc(C(=O)c3cn(CC4(F)COC4)c4cc(Cl)ccc34)c21. The third-order valence-corrected chi connectivity index (χ3v) is 7.20. The highest BCUT2D eigenvalue weighted by molar-refractivity contribution is 6.31. The Labute approximate surface area is 194 Å². The summed E-state index contributed by atoms with van der Waals surface area (Å²) in [7, 11) is 0. The van der Waals surface area contributed by atoms with Crippen molar-refractivity contribution in [3.63, 3.8) is 0 Å². The second-order valence-electron chi connectivity index (χ2n) is 9.17. The fourth-order valence-electron chi connectivity index (χ4n) is 5.27. The number of ether oxygens (including phenoxy) is 2. The summed E-state index contributed by atoms with van der Waals surface area (Å²) in [5, 5.41) is 4.45. The first-order valence-corrected chi connectivity index (χ1v) is 11.4. The average Bonchev–Trinajstić information content (AvgIpc) is 3.27. The first kappa shape index (κ1) is 20.8. The molecule has 3 aliphatic rings. The predicted molar refractivity (Wildman–Crippen MR) is 121 cm³/mol. The van der Waals surface area contributed by atoms with Crippen LogP contribution in [-0.4, -0.2) is 48.3 Å². The average molecular weight is 469 g/mol. The maximum Gasteiger partial charge on any atom is 0.340 e. The molecule has 170 valence electrons. The molecule has 2 fully saturated rings. The minimum absolute atomic E-state index is 0.0193. The van der Waals surface area contributed by atoms with Crippen molar-refractivity contribution in [2.45, 2.75) is 30.7 Å². The Morgan fingerprint density at radius 3 is 2.67 bits per heavy atom. The lowest BCUT2D eigenvalue weighted by Crippen LogP contribution is -2.48. The highest BCUT2D eigenvalue weighted by atomic mass is 35.5. The van der Waals surface area contributed by atoms with Gasteiger partial charge in [0.1, 0.15) is 5.60 Å². The van der Waals surface area contributed by atoms with Crippen LogP contribution >= 0.6 is 11.6 Å². The summed E-state index contributed by atoms with van der Waals surface area (Å²) < 4.78 is 27.5. The second-order valence-corrected chi connectivity index (χ2v) is 9.60. The number of nitrogens with one attached hydrogen (secondary N) is 1. The number of hydrogen-bond donors (Lipinski definition) is 1. The molecule has 4 heterocycles. The van der Waals surface area contributed by atoms with Crippen molar-refractivity contribution < 1.29 is 23.5 Å². The standard InChI is InChI=1S/C25H22ClFN2O4/c26-15-4-5-16-18(11-29(20(16)10-15)12-24(27)13-32-14-24)22(30)17-2-1-3-19-21(17)23(31)33-25(19)6-8-28-9-7-25/h1-5,10-11,28H,6-9,12-14H2. The van der Waals surface area contributed by atoms with E-state index in [0.29, 0.717) is 45.5 Å². The van der Waals surface area contributed by atoms with Crippen LogP contribution in [0.1, 0.15) is 44.7 Å². The zero-order chi connectivity index (χ0) is 22.8. The van der Waals surface area contributed by atoms with Gasteiger partial charge in [0.2, 0.25) is 0 Å². The van der Waals surface area contributed by atoms with Crippen molar-refractivity contribution in [3.05, 3.63) is 69.9 Å². The Bertz CT molecular complexity index is 1310. The van der Waals surface area contributed by atoms with Crippen LogP contribution in [0.2, 0.25) is 5.02 Å². The van der Waals surface area contributed by atoms with Gasteiger partial charge < -0.3 is 19.4 Å². The van der Waals surface area contributed by atoms with Gasteiger partial charge in [0.15, 0.2) is 11.5 Å². The molecule has 0 atom stereocenters. The lowest BCUT2D eigenvalue weighted by atomic mass is 9.82. The normalized spacial score (nSPS) is 20.5. The van der Waals surface area contributed by atoms with Gasteiger partial charge in [-0.05, 0) is 25.2 Å². The van der Waals surface area contributed by atoms with Crippen LogP contribution in [0.15, 0.2) is 42.6 Å². The van der Waals surface area contributed by atoms with E-state index in [1.54, 1.807) is 41.1 Å². The van der Waals surface area contributed by atoms with Gasteiger partial charge in [-0.2, -0.15) is 0 Å². The number of aromatic nitrogens is 1. The van der Waals surface area contributed by atoms with E-state index in [2.05, 4.69) is 5.32 Å². The van der Waals surface area contributed by atoms with Gasteiger partial charge in [-0.3, -0.25) is 4.79 Å². The molecule has 0 amide bonds. The number of esters is 1. The van der Waals surface area contributed by atoms with Crippen LogP contribution in [0.4, 0.5) is 4.39 Å². The highest BCUT2D eigenvalue weighted by Crippen LogP contribution is 2.44. The Morgan fingerprint density at radius 1 is 1.15 bits per heavy atom. The number of carbonyl (C=O) groups excluding carboxylic acids is 2. The number of benzene rings is 2. The summed E-state index contributed by atoms with van der Waals surface area (Å²) in [6.07, 6.45) is 2.99. The van der Waals surface area contributed by atoms with Crippen molar-refractivity contribution in [1.82, 2.24) is 9.88 Å². The summed E-state index contributed by atoms with van der Waals surface area (Å²) in [5.74, 6) is -0.754. The second kappa shape index (κ2) is 7.38. The van der Waals surface area contributed by atoms with Gasteiger partial charge in [-0.15, -0.1) is 0 Å². The van der Waals surface area contributed by atoms with Crippen LogP contribution in [0.25, 0.3) is 10.9 Å². The van der Waals surface area contributed by atoms with E-state index in [-0.39, 0.29) is 25.5 Å². The van der Waals surface area contributed by atoms with Crippen molar-refractivity contribution in [2.24, 2.45) is 0 Å². The van der Waals surface area contributed by atoms with Crippen molar-refractivity contribution in [3.8, 4) is 0 Å². The molecule has 3 aromatic rings. The maximum atomic E-state index is 14.9. The summed E-state index contributed by atoms with van der Waals surface area (Å²) in [5.41, 5.74) is 0.338. The number of ketones is 1. The molecule has 2 saturated heterocycles. The number of nitrogens with zero attached hydrogens (tertiary/aromatic N) is 1. The molecule has 6 nitrogen and oxygen atoms in total. The van der Waals surface area contributed by atoms with Gasteiger partial charge in [0.25, 0.3) is 0 Å². The van der Waals surface area contributed by atoms with Crippen LogP contribution in [0, 0.1) is 0 Å². The van der Waals surface area contributed by atoms with E-state index in [1.165, 1.54) is 0 Å². The molecule has 8 heteroatoms. The Morgan fingerprint density at radius 2 is 1.94 bits per heavy atom. The van der Waals surface area contributed by atoms with E-state index in [1.807, 2.05) is 6.07 Å². The van der Waals surface area contributed by atoms with Crippen LogP contribution < -0.4 is 5.32 Å². The molecule has 0 radical (unpaired) electrons. The van der Waals surface area contributed by atoms with E-state index < -0.39 is 17.2 Å². The minimum Gasteiger partial charge on any atom is -0.450 e. The first-order valence-electron chi connectivity index (χ1n) is 11.1. The summed E-state index contributed by atoms with van der Waals surface area (Å²) in [6, 6.07) is 10.5. The number of fused-ring (bicyclic) bond motifs is 3. The van der Waals surface area contributed by atoms with Crippen molar-refractivity contribution in [1.29, 1.82) is 0 Å². The molecule has 3 aliphatic heterocycles. The van der Waals surface area contributed by atoms with Gasteiger partial charge in [0, 0.05) is 46.1 Å². The number of alkyl halides is 1. The largest absolute Gasteiger partial charge is 0.450 e. The van der Waals surface area contributed by atoms with Crippen molar-refractivity contribution >= 4 is 34.3 Å². The Balaban J connectivity index is 1.46. The van der Waals surface area contributed by atoms with Crippen LogP contribution in [0.3, 0.4) is 0 Å². The molecule has 0 aliphatic carbocycles. The summed E-state index contributed by atoms with van der Waals surface area (Å²) >= 11 is 6.21. The fraction of sp³-hybridized carbons (Fsp3) is 0.360. The van der Waals surface area contributed by atoms with E-state index in [0.717, 1.165) is 18.7 Å².